The predicted octanol–water partition coefficient (Wildman–Crippen LogP) is 2.17. The van der Waals surface area contributed by atoms with Gasteiger partial charge in [-0.3, -0.25) is 4.98 Å². The lowest BCUT2D eigenvalue weighted by atomic mass is 10.2. The molecule has 1 aliphatic rings. The van der Waals surface area contributed by atoms with Crippen LogP contribution < -0.4 is 5.32 Å². The number of rotatable bonds is 2. The van der Waals surface area contributed by atoms with Crippen LogP contribution in [0.3, 0.4) is 0 Å². The molecule has 0 bridgehead atoms. The van der Waals surface area contributed by atoms with Crippen LogP contribution in [0.15, 0.2) is 23.2 Å². The first-order valence-electron chi connectivity index (χ1n) is 6.44. The van der Waals surface area contributed by atoms with Crippen molar-refractivity contribution in [3.05, 3.63) is 29.2 Å². The third-order valence-electron chi connectivity index (χ3n) is 3.39. The van der Waals surface area contributed by atoms with Crippen molar-refractivity contribution in [1.82, 2.24) is 10.3 Å². The lowest BCUT2D eigenvalue weighted by molar-refractivity contribution is 0.464. The fraction of sp³-hybridized carbons (Fsp3) is 0.308. The van der Waals surface area contributed by atoms with Gasteiger partial charge in [-0.1, -0.05) is 11.6 Å². The van der Waals surface area contributed by atoms with E-state index in [1.807, 2.05) is 0 Å². The van der Waals surface area contributed by atoms with Gasteiger partial charge < -0.3 is 10.4 Å². The molecule has 1 unspecified atom stereocenters. The van der Waals surface area contributed by atoms with Crippen LogP contribution in [0.25, 0.3) is 10.9 Å². The minimum atomic E-state index is -3.76. The Bertz CT molecular complexity index is 839. The first-order valence-corrected chi connectivity index (χ1v) is 9.41. The molecule has 1 atom stereocenters. The molecule has 1 fully saturated rings. The van der Waals surface area contributed by atoms with Crippen molar-refractivity contribution in [3.63, 3.8) is 0 Å². The minimum absolute atomic E-state index is 0.112. The highest BCUT2D eigenvalue weighted by Gasteiger charge is 2.32. The van der Waals surface area contributed by atoms with E-state index in [0.29, 0.717) is 12.3 Å². The number of benzene rings is 1. The molecule has 1 aromatic carbocycles. The van der Waals surface area contributed by atoms with Gasteiger partial charge >= 0.3 is 0 Å². The molecule has 0 amide bonds. The second-order valence-electron chi connectivity index (χ2n) is 4.80. The Balaban J connectivity index is 2.15. The van der Waals surface area contributed by atoms with E-state index < -0.39 is 26.0 Å². The van der Waals surface area contributed by atoms with Crippen molar-refractivity contribution >= 4 is 44.1 Å². The molecule has 0 spiro atoms. The van der Waals surface area contributed by atoms with E-state index in [1.165, 1.54) is 17.8 Å². The molecule has 0 saturated carbocycles. The summed E-state index contributed by atoms with van der Waals surface area (Å²) in [6.45, 7) is 1.04. The molecule has 5 nitrogen and oxygen atoms in total. The fourth-order valence-corrected chi connectivity index (χ4v) is 5.69. The van der Waals surface area contributed by atoms with Crippen LogP contribution in [0.4, 0.5) is 4.39 Å². The second kappa shape index (κ2) is 5.84. The number of pyridine rings is 1. The summed E-state index contributed by atoms with van der Waals surface area (Å²) in [5.74, 6) is -0.454. The van der Waals surface area contributed by atoms with Gasteiger partial charge in [0.15, 0.2) is 9.84 Å². The highest BCUT2D eigenvalue weighted by Crippen LogP contribution is 2.36. The summed E-state index contributed by atoms with van der Waals surface area (Å²) in [5, 5.41) is 13.2. The average molecular weight is 363 g/mol. The number of hydrogen-bond acceptors (Lipinski definition) is 6. The van der Waals surface area contributed by atoms with Gasteiger partial charge in [0.2, 0.25) is 0 Å². The van der Waals surface area contributed by atoms with Crippen LogP contribution in [0.2, 0.25) is 5.02 Å². The van der Waals surface area contributed by atoms with E-state index in [9.17, 15) is 17.9 Å². The van der Waals surface area contributed by atoms with Crippen molar-refractivity contribution in [3.8, 4) is 5.75 Å². The number of aromatic nitrogens is 1. The number of aromatic hydroxyl groups is 1. The molecule has 1 saturated heterocycles. The zero-order valence-corrected chi connectivity index (χ0v) is 13.6. The summed E-state index contributed by atoms with van der Waals surface area (Å²) >= 11 is 7.01. The van der Waals surface area contributed by atoms with Gasteiger partial charge in [0.25, 0.3) is 0 Å². The zero-order chi connectivity index (χ0) is 15.9. The highest BCUT2D eigenvalue weighted by molar-refractivity contribution is 8.13. The summed E-state index contributed by atoms with van der Waals surface area (Å²) in [6, 6.07) is 2.24. The molecule has 1 aliphatic heterocycles. The van der Waals surface area contributed by atoms with Gasteiger partial charge in [-0.05, 0) is 6.07 Å². The largest absolute Gasteiger partial charge is 0.506 e. The fourth-order valence-electron chi connectivity index (χ4n) is 2.25. The van der Waals surface area contributed by atoms with Crippen LogP contribution in [0, 0.1) is 5.82 Å². The Kier molecular flexibility index (Phi) is 4.19. The van der Waals surface area contributed by atoms with Crippen molar-refractivity contribution < 1.29 is 17.9 Å². The van der Waals surface area contributed by atoms with Gasteiger partial charge in [0, 0.05) is 30.3 Å². The van der Waals surface area contributed by atoms with Gasteiger partial charge in [0.1, 0.15) is 21.0 Å². The van der Waals surface area contributed by atoms with Gasteiger partial charge in [-0.15, -0.1) is 11.8 Å². The Morgan fingerprint density at radius 2 is 2.23 bits per heavy atom. The standard InChI is InChI=1S/C13H12ClFN2O3S2/c14-8-3-7-10(4-9(8)15)17-5-11(13(7)18)22(19,20)12-6-16-1-2-21-12/h3-5,12,16H,1-2,6H2,(H,17,18). The van der Waals surface area contributed by atoms with Gasteiger partial charge in [0.05, 0.1) is 16.7 Å². The van der Waals surface area contributed by atoms with Crippen molar-refractivity contribution in [1.29, 1.82) is 0 Å². The topological polar surface area (TPSA) is 79.3 Å². The van der Waals surface area contributed by atoms with E-state index in [4.69, 9.17) is 11.6 Å². The van der Waals surface area contributed by atoms with E-state index >= 15 is 0 Å². The summed E-state index contributed by atoms with van der Waals surface area (Å²) in [6.07, 6.45) is 1.06. The molecule has 9 heteroatoms. The van der Waals surface area contributed by atoms with Crippen LogP contribution in [-0.4, -0.2) is 41.9 Å². The molecule has 0 aliphatic carbocycles. The number of nitrogens with one attached hydrogen (secondary N) is 1. The molecular formula is C13H12ClFN2O3S2. The molecule has 22 heavy (non-hydrogen) atoms. The average Bonchev–Trinajstić information content (AvgIpc) is 2.50. The maximum atomic E-state index is 13.4. The summed E-state index contributed by atoms with van der Waals surface area (Å²) < 4.78 is 38.0. The molecule has 2 N–H and O–H groups in total. The van der Waals surface area contributed by atoms with Crippen molar-refractivity contribution in [2.24, 2.45) is 0 Å². The molecule has 2 heterocycles. The van der Waals surface area contributed by atoms with E-state index in [0.717, 1.165) is 18.8 Å². The van der Waals surface area contributed by atoms with Crippen molar-refractivity contribution in [2.45, 2.75) is 9.48 Å². The van der Waals surface area contributed by atoms with Crippen LogP contribution >= 0.6 is 23.4 Å². The molecule has 1 aromatic heterocycles. The minimum Gasteiger partial charge on any atom is -0.506 e. The quantitative estimate of drug-likeness (QED) is 0.852. The number of nitrogens with zero attached hydrogens (tertiary/aromatic N) is 1. The second-order valence-corrected chi connectivity index (χ2v) is 8.92. The van der Waals surface area contributed by atoms with E-state index in [-0.39, 0.29) is 20.8 Å². The third kappa shape index (κ3) is 2.64. The molecule has 118 valence electrons. The summed E-state index contributed by atoms with van der Waals surface area (Å²) in [5.41, 5.74) is 0.146. The normalized spacial score (nSPS) is 19.5. The Labute approximate surface area is 135 Å². The number of thioether (sulfide) groups is 1. The first-order chi connectivity index (χ1) is 10.4. The molecule has 0 radical (unpaired) electrons. The summed E-state index contributed by atoms with van der Waals surface area (Å²) in [7, 11) is -3.76. The first kappa shape index (κ1) is 15.8. The maximum absolute atomic E-state index is 13.4. The Morgan fingerprint density at radius 3 is 2.91 bits per heavy atom. The van der Waals surface area contributed by atoms with Crippen LogP contribution in [0.5, 0.6) is 5.75 Å². The van der Waals surface area contributed by atoms with E-state index in [1.54, 1.807) is 0 Å². The third-order valence-corrected chi connectivity index (χ3v) is 7.60. The highest BCUT2D eigenvalue weighted by atomic mass is 35.5. The van der Waals surface area contributed by atoms with Crippen LogP contribution in [-0.2, 0) is 9.84 Å². The van der Waals surface area contributed by atoms with Gasteiger partial charge in [-0.25, -0.2) is 12.8 Å². The Hall–Kier alpha value is -1.09. The SMILES string of the molecule is O=S(=O)(c1cnc2cc(F)c(Cl)cc2c1O)C1CNCCS1. The lowest BCUT2D eigenvalue weighted by Gasteiger charge is -2.22. The number of halogens is 2. The zero-order valence-electron chi connectivity index (χ0n) is 11.2. The summed E-state index contributed by atoms with van der Waals surface area (Å²) in [4.78, 5) is 3.68. The number of fused-ring (bicyclic) bond motifs is 1. The van der Waals surface area contributed by atoms with Crippen molar-refractivity contribution in [2.75, 3.05) is 18.8 Å². The number of sulfone groups is 1. The monoisotopic (exact) mass is 362 g/mol. The van der Waals surface area contributed by atoms with Crippen LogP contribution in [0.1, 0.15) is 0 Å². The Morgan fingerprint density at radius 1 is 1.45 bits per heavy atom. The van der Waals surface area contributed by atoms with Gasteiger partial charge in [-0.2, -0.15) is 0 Å². The lowest BCUT2D eigenvalue weighted by Crippen LogP contribution is -2.37. The maximum Gasteiger partial charge on any atom is 0.196 e. The predicted molar refractivity (Wildman–Crippen MR) is 84.7 cm³/mol. The smallest absolute Gasteiger partial charge is 0.196 e. The van der Waals surface area contributed by atoms with E-state index in [2.05, 4.69) is 10.3 Å². The molecule has 2 aromatic rings. The molecular weight excluding hydrogens is 351 g/mol. The molecule has 3 rings (SSSR count). The number of hydrogen-bond donors (Lipinski definition) is 2.